The van der Waals surface area contributed by atoms with Gasteiger partial charge in [-0.3, -0.25) is 0 Å². The van der Waals surface area contributed by atoms with Gasteiger partial charge in [-0.05, 0) is 13.0 Å². The normalized spacial score (nSPS) is 51.6. The van der Waals surface area contributed by atoms with E-state index in [1.807, 2.05) is 6.07 Å². The molecule has 1 aliphatic carbocycles. The summed E-state index contributed by atoms with van der Waals surface area (Å²) in [6.45, 7) is 0.757. The molecule has 12 heteroatoms. The zero-order chi connectivity index (χ0) is 22.2. The zero-order valence-electron chi connectivity index (χ0n) is 16.1. The van der Waals surface area contributed by atoms with Gasteiger partial charge < -0.3 is 54.7 Å². The van der Waals surface area contributed by atoms with E-state index in [1.165, 1.54) is 19.1 Å². The lowest BCUT2D eigenvalue weighted by Crippen LogP contribution is -2.64. The highest BCUT2D eigenvalue weighted by Crippen LogP contribution is 2.34. The van der Waals surface area contributed by atoms with E-state index in [9.17, 15) is 41.0 Å². The molecule has 2 unspecified atom stereocenters. The molecule has 12 nitrogen and oxygen atoms in total. The minimum atomic E-state index is -1.72. The van der Waals surface area contributed by atoms with Crippen molar-refractivity contribution in [3.8, 4) is 6.07 Å². The predicted molar refractivity (Wildman–Crippen MR) is 94.2 cm³/mol. The van der Waals surface area contributed by atoms with Gasteiger partial charge in [0.15, 0.2) is 18.2 Å². The minimum absolute atomic E-state index is 0.101. The highest BCUT2D eigenvalue weighted by atomic mass is 16.7. The monoisotopic (exact) mass is 433 g/mol. The molecule has 0 aromatic heterocycles. The standard InChI is InChI=1S/C18H27NO11/c1-7-10(22)11(23)13(25)16(27-7)29-15-9(5-20)28-17(14(26)12(15)24)30-18(6-19)3-2-8(21)4-18/h2-3,7-17,20-26H,4-5H2,1H3/t7-,8?,9-,10-,11+,12-,13+,14-,15-,16+,17+,18?/m1/s1. The number of rotatable bonds is 5. The summed E-state index contributed by atoms with van der Waals surface area (Å²) in [5.41, 5.74) is -1.59. The van der Waals surface area contributed by atoms with Gasteiger partial charge in [0.2, 0.25) is 0 Å². The van der Waals surface area contributed by atoms with Crippen molar-refractivity contribution in [2.45, 2.75) is 86.5 Å². The number of ether oxygens (including phenoxy) is 4. The van der Waals surface area contributed by atoms with Crippen LogP contribution in [0.2, 0.25) is 0 Å². The fraction of sp³-hybridized carbons (Fsp3) is 0.833. The van der Waals surface area contributed by atoms with Crippen LogP contribution in [0.4, 0.5) is 0 Å². The SMILES string of the molecule is C[C@H]1O[C@@H](O[C@H]2[C@H](O)[C@@H](O)[C@H](OC3(C#N)C=CC(O)C3)O[C@@H]2CO)[C@@H](O)[C@@H](O)[C@@H]1O. The molecule has 0 spiro atoms. The Labute approximate surface area is 172 Å². The van der Waals surface area contributed by atoms with Crippen molar-refractivity contribution in [2.24, 2.45) is 0 Å². The summed E-state index contributed by atoms with van der Waals surface area (Å²) in [4.78, 5) is 0. The largest absolute Gasteiger partial charge is 0.394 e. The van der Waals surface area contributed by atoms with Gasteiger partial charge in [0.1, 0.15) is 48.8 Å². The third-order valence-electron chi connectivity index (χ3n) is 5.54. The second-order valence-electron chi connectivity index (χ2n) is 7.74. The molecule has 0 saturated carbocycles. The highest BCUT2D eigenvalue weighted by Gasteiger charge is 2.52. The fourth-order valence-corrected chi connectivity index (χ4v) is 3.72. The Morgan fingerprint density at radius 3 is 2.23 bits per heavy atom. The van der Waals surface area contributed by atoms with Crippen LogP contribution in [0.3, 0.4) is 0 Å². The van der Waals surface area contributed by atoms with E-state index in [1.54, 1.807) is 0 Å². The molecule has 2 aliphatic heterocycles. The third kappa shape index (κ3) is 4.38. The maximum absolute atomic E-state index is 10.5. The smallest absolute Gasteiger partial charge is 0.189 e. The lowest BCUT2D eigenvalue weighted by atomic mass is 9.96. The van der Waals surface area contributed by atoms with E-state index < -0.39 is 79.7 Å². The van der Waals surface area contributed by atoms with Crippen LogP contribution in [0.1, 0.15) is 13.3 Å². The van der Waals surface area contributed by atoms with Gasteiger partial charge in [-0.2, -0.15) is 5.26 Å². The first-order valence-electron chi connectivity index (χ1n) is 9.56. The Balaban J connectivity index is 1.72. The van der Waals surface area contributed by atoms with Crippen LogP contribution in [-0.4, -0.2) is 115 Å². The lowest BCUT2D eigenvalue weighted by molar-refractivity contribution is -0.361. The summed E-state index contributed by atoms with van der Waals surface area (Å²) in [5, 5.41) is 79.5. The Morgan fingerprint density at radius 1 is 1.00 bits per heavy atom. The second kappa shape index (κ2) is 9.11. The first kappa shape index (κ1) is 23.5. The van der Waals surface area contributed by atoms with Gasteiger partial charge in [0.05, 0.1) is 18.8 Å². The molecule has 0 radical (unpaired) electrons. The van der Waals surface area contributed by atoms with Crippen LogP contribution in [0.15, 0.2) is 12.2 Å². The van der Waals surface area contributed by atoms with Crippen molar-refractivity contribution >= 4 is 0 Å². The first-order valence-corrected chi connectivity index (χ1v) is 9.56. The average Bonchev–Trinajstić information content (AvgIpc) is 3.10. The average molecular weight is 433 g/mol. The van der Waals surface area contributed by atoms with Crippen LogP contribution in [-0.2, 0) is 18.9 Å². The molecule has 0 amide bonds. The van der Waals surface area contributed by atoms with Crippen LogP contribution < -0.4 is 0 Å². The predicted octanol–water partition coefficient (Wildman–Crippen LogP) is -3.76. The summed E-state index contributed by atoms with van der Waals surface area (Å²) in [6, 6.07) is 1.88. The molecule has 0 aromatic carbocycles. The Hall–Kier alpha value is -1.21. The molecule has 0 aromatic rings. The summed E-state index contributed by atoms with van der Waals surface area (Å²) in [6.07, 6.45) is -12.9. The molecule has 30 heavy (non-hydrogen) atoms. The highest BCUT2D eigenvalue weighted by molar-refractivity contribution is 5.24. The topological polar surface area (TPSA) is 202 Å². The summed E-state index contributed by atoms with van der Waals surface area (Å²) < 4.78 is 21.8. The molecule has 7 N–H and O–H groups in total. The minimum Gasteiger partial charge on any atom is -0.394 e. The molecule has 2 fully saturated rings. The molecule has 0 bridgehead atoms. The van der Waals surface area contributed by atoms with Crippen molar-refractivity contribution in [1.82, 2.24) is 0 Å². The van der Waals surface area contributed by atoms with Crippen LogP contribution in [0.25, 0.3) is 0 Å². The van der Waals surface area contributed by atoms with Crippen molar-refractivity contribution in [1.29, 1.82) is 5.26 Å². The van der Waals surface area contributed by atoms with E-state index in [0.29, 0.717) is 0 Å². The number of nitriles is 1. The zero-order valence-corrected chi connectivity index (χ0v) is 16.1. The lowest BCUT2D eigenvalue weighted by Gasteiger charge is -2.46. The van der Waals surface area contributed by atoms with E-state index >= 15 is 0 Å². The molecule has 170 valence electrons. The maximum Gasteiger partial charge on any atom is 0.189 e. The van der Waals surface area contributed by atoms with E-state index in [-0.39, 0.29) is 6.42 Å². The Bertz CT molecular complexity index is 669. The second-order valence-corrected chi connectivity index (χ2v) is 7.74. The maximum atomic E-state index is 10.5. The fourth-order valence-electron chi connectivity index (χ4n) is 3.72. The molecular formula is C18H27NO11. The van der Waals surface area contributed by atoms with Gasteiger partial charge in [-0.15, -0.1) is 0 Å². The van der Waals surface area contributed by atoms with Crippen molar-refractivity contribution in [2.75, 3.05) is 6.61 Å². The van der Waals surface area contributed by atoms with Gasteiger partial charge >= 0.3 is 0 Å². The number of aliphatic hydroxyl groups is 7. The number of hydrogen-bond acceptors (Lipinski definition) is 12. The van der Waals surface area contributed by atoms with E-state index in [2.05, 4.69) is 0 Å². The summed E-state index contributed by atoms with van der Waals surface area (Å²) in [7, 11) is 0. The van der Waals surface area contributed by atoms with Gasteiger partial charge in [-0.25, -0.2) is 0 Å². The van der Waals surface area contributed by atoms with Gasteiger partial charge in [-0.1, -0.05) is 6.08 Å². The molecule has 2 saturated heterocycles. The Morgan fingerprint density at radius 2 is 1.67 bits per heavy atom. The molecular weight excluding hydrogens is 406 g/mol. The van der Waals surface area contributed by atoms with Crippen molar-refractivity contribution < 1.29 is 54.7 Å². The third-order valence-corrected chi connectivity index (χ3v) is 5.54. The quantitative estimate of drug-likeness (QED) is 0.209. The molecule has 3 rings (SSSR count). The number of aliphatic hydroxyl groups excluding tert-OH is 7. The van der Waals surface area contributed by atoms with Crippen LogP contribution >= 0.6 is 0 Å². The van der Waals surface area contributed by atoms with Crippen LogP contribution in [0.5, 0.6) is 0 Å². The summed E-state index contributed by atoms with van der Waals surface area (Å²) in [5.74, 6) is 0. The van der Waals surface area contributed by atoms with Crippen molar-refractivity contribution in [3.63, 3.8) is 0 Å². The summed E-state index contributed by atoms with van der Waals surface area (Å²) >= 11 is 0. The first-order chi connectivity index (χ1) is 14.1. The molecule has 3 aliphatic rings. The van der Waals surface area contributed by atoms with Crippen LogP contribution in [0, 0.1) is 11.3 Å². The van der Waals surface area contributed by atoms with Gasteiger partial charge in [0, 0.05) is 6.42 Å². The van der Waals surface area contributed by atoms with Gasteiger partial charge in [0.25, 0.3) is 0 Å². The molecule has 12 atom stereocenters. The van der Waals surface area contributed by atoms with Crippen molar-refractivity contribution in [3.05, 3.63) is 12.2 Å². The number of nitrogens with zero attached hydrogens (tertiary/aromatic N) is 1. The molecule has 2 heterocycles. The number of hydrogen-bond donors (Lipinski definition) is 7. The van der Waals surface area contributed by atoms with E-state index in [4.69, 9.17) is 18.9 Å². The van der Waals surface area contributed by atoms with E-state index in [0.717, 1.165) is 0 Å². The Kier molecular flexibility index (Phi) is 7.12.